The van der Waals surface area contributed by atoms with Gasteiger partial charge in [0, 0.05) is 18.0 Å². The van der Waals surface area contributed by atoms with Crippen molar-refractivity contribution in [3.8, 4) is 5.75 Å². The number of hydrogen-bond acceptors (Lipinski definition) is 4. The normalized spacial score (nSPS) is 12.7. The predicted octanol–water partition coefficient (Wildman–Crippen LogP) is 2.85. The van der Waals surface area contributed by atoms with Crippen molar-refractivity contribution in [1.82, 2.24) is 10.6 Å². The van der Waals surface area contributed by atoms with E-state index in [9.17, 15) is 14.7 Å². The molecule has 7 heteroatoms. The van der Waals surface area contributed by atoms with E-state index in [1.807, 2.05) is 30.3 Å². The molecule has 2 aromatic rings. The van der Waals surface area contributed by atoms with Gasteiger partial charge in [-0.1, -0.05) is 41.9 Å². The zero-order valence-corrected chi connectivity index (χ0v) is 17.4. The molecule has 2 amide bonds. The molecule has 0 heterocycles. The number of benzene rings is 2. The predicted molar refractivity (Wildman–Crippen MR) is 113 cm³/mol. The average Bonchev–Trinajstić information content (AvgIpc) is 2.71. The van der Waals surface area contributed by atoms with E-state index >= 15 is 0 Å². The summed E-state index contributed by atoms with van der Waals surface area (Å²) in [5.74, 6) is 0.0361. The van der Waals surface area contributed by atoms with Gasteiger partial charge in [-0.15, -0.1) is 0 Å². The topological polar surface area (TPSA) is 87.7 Å². The molecule has 0 aliphatic rings. The Morgan fingerprint density at radius 2 is 1.93 bits per heavy atom. The van der Waals surface area contributed by atoms with E-state index < -0.39 is 18.1 Å². The summed E-state index contributed by atoms with van der Waals surface area (Å²) in [6.07, 6.45) is 0.288. The molecule has 0 bridgehead atoms. The zero-order valence-electron chi connectivity index (χ0n) is 16.7. The molecule has 0 fully saturated rings. The molecule has 0 radical (unpaired) electrons. The Balaban J connectivity index is 1.73. The van der Waals surface area contributed by atoms with Crippen LogP contribution >= 0.6 is 11.6 Å². The van der Waals surface area contributed by atoms with E-state index in [4.69, 9.17) is 16.3 Å². The highest BCUT2D eigenvalue weighted by molar-refractivity contribution is 6.30. The molecule has 2 rings (SSSR count). The number of nitrogens with one attached hydrogen (secondary N) is 2. The fourth-order valence-electron chi connectivity index (χ4n) is 2.92. The number of amides is 2. The summed E-state index contributed by atoms with van der Waals surface area (Å²) in [7, 11) is 1.62. The number of halogens is 1. The lowest BCUT2D eigenvalue weighted by molar-refractivity contribution is -0.132. The lowest BCUT2D eigenvalue weighted by Crippen LogP contribution is -2.48. The second-order valence-electron chi connectivity index (χ2n) is 6.81. The van der Waals surface area contributed by atoms with Crippen molar-refractivity contribution in [1.29, 1.82) is 0 Å². The fourth-order valence-corrected chi connectivity index (χ4v) is 3.13. The quantitative estimate of drug-likeness (QED) is 0.553. The highest BCUT2D eigenvalue weighted by Gasteiger charge is 2.23. The largest absolute Gasteiger partial charge is 0.496 e. The van der Waals surface area contributed by atoms with Gasteiger partial charge in [0.05, 0.1) is 13.2 Å². The van der Waals surface area contributed by atoms with E-state index in [1.165, 1.54) is 0 Å². The Bertz CT molecular complexity index is 828. The Morgan fingerprint density at radius 1 is 1.17 bits per heavy atom. The van der Waals surface area contributed by atoms with E-state index in [2.05, 4.69) is 10.6 Å². The summed E-state index contributed by atoms with van der Waals surface area (Å²) in [6.45, 7) is 1.85. The van der Waals surface area contributed by atoms with Crippen molar-refractivity contribution < 1.29 is 19.4 Å². The van der Waals surface area contributed by atoms with Crippen molar-refractivity contribution in [2.45, 2.75) is 44.9 Å². The zero-order chi connectivity index (χ0) is 21.2. The van der Waals surface area contributed by atoms with Crippen molar-refractivity contribution >= 4 is 23.4 Å². The third-order valence-electron chi connectivity index (χ3n) is 4.53. The number of rotatable bonds is 10. The van der Waals surface area contributed by atoms with Gasteiger partial charge in [-0.05, 0) is 49.1 Å². The van der Waals surface area contributed by atoms with Crippen molar-refractivity contribution in [3.05, 3.63) is 64.7 Å². The van der Waals surface area contributed by atoms with Crippen LogP contribution in [-0.2, 0) is 22.6 Å². The first kappa shape index (κ1) is 22.7. The number of carbonyl (C=O) groups is 2. The summed E-state index contributed by atoms with van der Waals surface area (Å²) in [5.41, 5.74) is 1.86. The van der Waals surface area contributed by atoms with Gasteiger partial charge in [0.2, 0.25) is 5.91 Å². The number of methoxy groups -OCH3 is 1. The maximum Gasteiger partial charge on any atom is 0.251 e. The number of aliphatic hydroxyl groups excluding tert-OH is 1. The molecule has 0 aromatic heterocycles. The lowest BCUT2D eigenvalue weighted by Gasteiger charge is -2.20. The van der Waals surface area contributed by atoms with Crippen molar-refractivity contribution in [3.63, 3.8) is 0 Å². The van der Waals surface area contributed by atoms with E-state index in [0.29, 0.717) is 24.3 Å². The van der Waals surface area contributed by atoms with Crippen molar-refractivity contribution in [2.24, 2.45) is 0 Å². The highest BCUT2D eigenvalue weighted by atomic mass is 35.5. The van der Waals surface area contributed by atoms with Crippen LogP contribution in [-0.4, -0.2) is 36.2 Å². The molecule has 2 aromatic carbocycles. The monoisotopic (exact) mass is 418 g/mol. The van der Waals surface area contributed by atoms with Gasteiger partial charge in [0.15, 0.2) is 6.10 Å². The van der Waals surface area contributed by atoms with Gasteiger partial charge in [-0.2, -0.15) is 0 Å². The molecule has 0 spiro atoms. The molecule has 29 heavy (non-hydrogen) atoms. The summed E-state index contributed by atoms with van der Waals surface area (Å²) in [4.78, 5) is 24.3. The molecule has 0 saturated heterocycles. The van der Waals surface area contributed by atoms with Crippen LogP contribution < -0.4 is 15.4 Å². The van der Waals surface area contributed by atoms with Gasteiger partial charge in [-0.25, -0.2) is 0 Å². The minimum Gasteiger partial charge on any atom is -0.496 e. The fraction of sp³-hybridized carbons (Fsp3) is 0.364. The maximum absolute atomic E-state index is 12.1. The van der Waals surface area contributed by atoms with Gasteiger partial charge in [0.25, 0.3) is 5.91 Å². The third kappa shape index (κ3) is 7.40. The van der Waals surface area contributed by atoms with E-state index in [-0.39, 0.29) is 12.5 Å². The van der Waals surface area contributed by atoms with Crippen LogP contribution in [0.15, 0.2) is 48.5 Å². The average molecular weight is 419 g/mol. The first-order valence-corrected chi connectivity index (χ1v) is 9.90. The van der Waals surface area contributed by atoms with Crippen LogP contribution in [0.1, 0.15) is 30.9 Å². The third-order valence-corrected chi connectivity index (χ3v) is 4.76. The molecule has 0 aliphatic carbocycles. The minimum atomic E-state index is -1.34. The van der Waals surface area contributed by atoms with Gasteiger partial charge in [-0.3, -0.25) is 9.59 Å². The molecule has 6 nitrogen and oxygen atoms in total. The smallest absolute Gasteiger partial charge is 0.251 e. The first-order chi connectivity index (χ1) is 13.9. The molecule has 156 valence electrons. The Hall–Kier alpha value is -2.57. The highest BCUT2D eigenvalue weighted by Crippen LogP contribution is 2.19. The van der Waals surface area contributed by atoms with E-state index in [1.54, 1.807) is 32.2 Å². The second kappa shape index (κ2) is 11.4. The van der Waals surface area contributed by atoms with Crippen LogP contribution in [0.4, 0.5) is 0 Å². The lowest BCUT2D eigenvalue weighted by atomic mass is 10.1. The van der Waals surface area contributed by atoms with E-state index in [0.717, 1.165) is 16.9 Å². The molecule has 3 N–H and O–H groups in total. The SMILES string of the molecule is COc1ccccc1CCCC(=O)NC(C)C(O)C(=O)NCc1cccc(Cl)c1. The van der Waals surface area contributed by atoms with Crippen LogP contribution in [0.3, 0.4) is 0 Å². The summed E-state index contributed by atoms with van der Waals surface area (Å²) < 4.78 is 5.30. The number of aryl methyl sites for hydroxylation is 1. The molecule has 2 atom stereocenters. The number of carbonyl (C=O) groups excluding carboxylic acids is 2. The second-order valence-corrected chi connectivity index (χ2v) is 7.25. The number of hydrogen-bond donors (Lipinski definition) is 3. The molecule has 2 unspecified atom stereocenters. The van der Waals surface area contributed by atoms with Gasteiger partial charge >= 0.3 is 0 Å². The van der Waals surface area contributed by atoms with Crippen LogP contribution in [0.5, 0.6) is 5.75 Å². The summed E-state index contributed by atoms with van der Waals surface area (Å²) >= 11 is 5.91. The number of aliphatic hydroxyl groups is 1. The molecule has 0 aliphatic heterocycles. The number of ether oxygens (including phenoxy) is 1. The molecule has 0 saturated carbocycles. The summed E-state index contributed by atoms with van der Waals surface area (Å²) in [6, 6.07) is 14.1. The van der Waals surface area contributed by atoms with Gasteiger partial charge < -0.3 is 20.5 Å². The van der Waals surface area contributed by atoms with Crippen molar-refractivity contribution in [2.75, 3.05) is 7.11 Å². The number of para-hydroxylation sites is 1. The summed E-state index contributed by atoms with van der Waals surface area (Å²) in [5, 5.41) is 16.1. The Labute approximate surface area is 176 Å². The van der Waals surface area contributed by atoms with Crippen LogP contribution in [0.25, 0.3) is 0 Å². The Morgan fingerprint density at radius 3 is 2.66 bits per heavy atom. The maximum atomic E-state index is 12.1. The Kier molecular flexibility index (Phi) is 8.96. The first-order valence-electron chi connectivity index (χ1n) is 9.52. The molecular weight excluding hydrogens is 392 g/mol. The van der Waals surface area contributed by atoms with Crippen LogP contribution in [0.2, 0.25) is 5.02 Å². The van der Waals surface area contributed by atoms with Crippen LogP contribution in [0, 0.1) is 0 Å². The van der Waals surface area contributed by atoms with Gasteiger partial charge in [0.1, 0.15) is 5.75 Å². The minimum absolute atomic E-state index is 0.214. The standard InChI is InChI=1S/C22H27ClN2O4/c1-15(21(27)22(28)24-14-16-7-5-10-18(23)13-16)25-20(26)12-6-9-17-8-3-4-11-19(17)29-2/h3-5,7-8,10-11,13,15,21,27H,6,9,12,14H2,1-2H3,(H,24,28)(H,25,26). The molecular formula is C22H27ClN2O4.